The number of methoxy groups -OCH3 is 1. The van der Waals surface area contributed by atoms with E-state index in [0.29, 0.717) is 50.1 Å². The van der Waals surface area contributed by atoms with Gasteiger partial charge in [0.2, 0.25) is 5.91 Å². The molecule has 1 atom stereocenters. The van der Waals surface area contributed by atoms with Gasteiger partial charge in [0.05, 0.1) is 33.3 Å². The van der Waals surface area contributed by atoms with Gasteiger partial charge in [0.15, 0.2) is 0 Å². The molecule has 0 aliphatic carbocycles. The van der Waals surface area contributed by atoms with E-state index in [-0.39, 0.29) is 12.0 Å². The Morgan fingerprint density at radius 2 is 1.71 bits per heavy atom. The van der Waals surface area contributed by atoms with Crippen LogP contribution in [0.3, 0.4) is 0 Å². The number of rotatable bonds is 8. The molecule has 1 saturated heterocycles. The normalized spacial score (nSPS) is 16.5. The maximum Gasteiger partial charge on any atom is 0.226 e. The van der Waals surface area contributed by atoms with Crippen molar-refractivity contribution in [2.24, 2.45) is 0 Å². The van der Waals surface area contributed by atoms with Gasteiger partial charge in [-0.15, -0.1) is 0 Å². The summed E-state index contributed by atoms with van der Waals surface area (Å²) in [6.07, 6.45) is 0.159. The minimum absolute atomic E-state index is 0.0479. The van der Waals surface area contributed by atoms with E-state index in [1.165, 1.54) is 0 Å². The highest BCUT2D eigenvalue weighted by atomic mass is 35.5. The van der Waals surface area contributed by atoms with Gasteiger partial charge in [-0.2, -0.15) is 0 Å². The Bertz CT molecular complexity index is 750. The first-order chi connectivity index (χ1) is 13.6. The molecule has 28 heavy (non-hydrogen) atoms. The van der Waals surface area contributed by atoms with Gasteiger partial charge in [0.1, 0.15) is 30.0 Å². The molecule has 0 saturated carbocycles. The Morgan fingerprint density at radius 1 is 1.07 bits per heavy atom. The molecular formula is C21H24ClNO5. The van der Waals surface area contributed by atoms with Crippen molar-refractivity contribution in [3.8, 4) is 17.2 Å². The van der Waals surface area contributed by atoms with Crippen LogP contribution in [0.4, 0.5) is 0 Å². The van der Waals surface area contributed by atoms with Crippen molar-refractivity contribution in [1.82, 2.24) is 4.90 Å². The lowest BCUT2D eigenvalue weighted by Crippen LogP contribution is -2.47. The number of benzene rings is 2. The standard InChI is InChI=1S/C21H24ClNO5/c1-25-17-6-8-19(9-7-17)28-15-20-14-23(11-13-27-20)21(24)10-12-26-18-4-2-16(22)3-5-18/h2-9,20H,10-15H2,1H3. The number of ether oxygens (including phenoxy) is 4. The summed E-state index contributed by atoms with van der Waals surface area (Å²) in [4.78, 5) is 14.2. The molecule has 0 N–H and O–H groups in total. The second-order valence-electron chi connectivity index (χ2n) is 6.37. The van der Waals surface area contributed by atoms with Crippen LogP contribution < -0.4 is 14.2 Å². The van der Waals surface area contributed by atoms with Crippen molar-refractivity contribution < 1.29 is 23.7 Å². The van der Waals surface area contributed by atoms with Crippen molar-refractivity contribution in [2.45, 2.75) is 12.5 Å². The molecule has 0 bridgehead atoms. The first-order valence-corrected chi connectivity index (χ1v) is 9.56. The van der Waals surface area contributed by atoms with Crippen LogP contribution in [0, 0.1) is 0 Å². The molecule has 6 nitrogen and oxygen atoms in total. The number of hydrogen-bond donors (Lipinski definition) is 0. The fraction of sp³-hybridized carbons (Fsp3) is 0.381. The molecule has 0 radical (unpaired) electrons. The van der Waals surface area contributed by atoms with Crippen LogP contribution in [0.15, 0.2) is 48.5 Å². The van der Waals surface area contributed by atoms with Crippen LogP contribution in [0.1, 0.15) is 6.42 Å². The number of halogens is 1. The van der Waals surface area contributed by atoms with E-state index in [2.05, 4.69) is 0 Å². The van der Waals surface area contributed by atoms with E-state index < -0.39 is 0 Å². The average Bonchev–Trinajstić information content (AvgIpc) is 2.74. The van der Waals surface area contributed by atoms with Gasteiger partial charge >= 0.3 is 0 Å². The Morgan fingerprint density at radius 3 is 2.43 bits per heavy atom. The predicted octanol–water partition coefficient (Wildman–Crippen LogP) is 3.42. The van der Waals surface area contributed by atoms with Crippen LogP contribution in [0.25, 0.3) is 0 Å². The summed E-state index contributed by atoms with van der Waals surface area (Å²) in [6, 6.07) is 14.5. The molecule has 1 amide bonds. The Labute approximate surface area is 169 Å². The molecular weight excluding hydrogens is 382 g/mol. The second kappa shape index (κ2) is 10.2. The summed E-state index contributed by atoms with van der Waals surface area (Å²) in [7, 11) is 1.62. The zero-order chi connectivity index (χ0) is 19.8. The summed E-state index contributed by atoms with van der Waals surface area (Å²) in [6.45, 7) is 2.30. The largest absolute Gasteiger partial charge is 0.497 e. The van der Waals surface area contributed by atoms with Crippen LogP contribution in [0.2, 0.25) is 5.02 Å². The van der Waals surface area contributed by atoms with Crippen molar-refractivity contribution >= 4 is 17.5 Å². The topological polar surface area (TPSA) is 57.2 Å². The zero-order valence-electron chi connectivity index (χ0n) is 15.8. The maximum absolute atomic E-state index is 12.4. The third kappa shape index (κ3) is 6.04. The van der Waals surface area contributed by atoms with E-state index >= 15 is 0 Å². The Hall–Kier alpha value is -2.44. The highest BCUT2D eigenvalue weighted by Gasteiger charge is 2.24. The number of carbonyl (C=O) groups excluding carboxylic acids is 1. The molecule has 1 fully saturated rings. The SMILES string of the molecule is COc1ccc(OCC2CN(C(=O)CCOc3ccc(Cl)cc3)CCO2)cc1. The second-order valence-corrected chi connectivity index (χ2v) is 6.81. The van der Waals surface area contributed by atoms with Crippen LogP contribution >= 0.6 is 11.6 Å². The molecule has 150 valence electrons. The highest BCUT2D eigenvalue weighted by Crippen LogP contribution is 2.18. The molecule has 2 aromatic rings. The lowest BCUT2D eigenvalue weighted by molar-refractivity contribution is -0.140. The third-order valence-corrected chi connectivity index (χ3v) is 4.64. The third-order valence-electron chi connectivity index (χ3n) is 4.39. The van der Waals surface area contributed by atoms with Crippen LogP contribution in [-0.4, -0.2) is 56.9 Å². The van der Waals surface area contributed by atoms with Crippen LogP contribution in [-0.2, 0) is 9.53 Å². The molecule has 1 aliphatic heterocycles. The van der Waals surface area contributed by atoms with Crippen molar-refractivity contribution in [2.75, 3.05) is 40.0 Å². The summed E-state index contributed by atoms with van der Waals surface area (Å²) < 4.78 is 22.2. The number of carbonyl (C=O) groups is 1. The minimum Gasteiger partial charge on any atom is -0.497 e. The number of morpholine rings is 1. The molecule has 1 unspecified atom stereocenters. The Balaban J connectivity index is 1.40. The van der Waals surface area contributed by atoms with Gasteiger partial charge < -0.3 is 23.8 Å². The van der Waals surface area contributed by atoms with Crippen LogP contribution in [0.5, 0.6) is 17.2 Å². The molecule has 0 spiro atoms. The molecule has 3 rings (SSSR count). The van der Waals surface area contributed by atoms with Crippen molar-refractivity contribution in [1.29, 1.82) is 0 Å². The number of amides is 1. The van der Waals surface area contributed by atoms with Gasteiger partial charge in [-0.3, -0.25) is 4.79 Å². The first kappa shape index (κ1) is 20.3. The summed E-state index contributed by atoms with van der Waals surface area (Å²) in [5, 5.41) is 0.652. The lowest BCUT2D eigenvalue weighted by atomic mass is 10.2. The summed E-state index contributed by atoms with van der Waals surface area (Å²) in [5.74, 6) is 2.26. The van der Waals surface area contributed by atoms with Gasteiger partial charge in [-0.25, -0.2) is 0 Å². The van der Waals surface area contributed by atoms with E-state index in [4.69, 9.17) is 30.5 Å². The highest BCUT2D eigenvalue weighted by molar-refractivity contribution is 6.30. The summed E-state index contributed by atoms with van der Waals surface area (Å²) >= 11 is 5.85. The van der Waals surface area contributed by atoms with Gasteiger partial charge in [-0.1, -0.05) is 11.6 Å². The van der Waals surface area contributed by atoms with E-state index in [1.807, 2.05) is 24.3 Å². The fourth-order valence-electron chi connectivity index (χ4n) is 2.85. The summed E-state index contributed by atoms with van der Waals surface area (Å²) in [5.41, 5.74) is 0. The molecule has 2 aromatic carbocycles. The minimum atomic E-state index is -0.156. The molecule has 1 aliphatic rings. The van der Waals surface area contributed by atoms with E-state index in [9.17, 15) is 4.79 Å². The quantitative estimate of drug-likeness (QED) is 0.673. The fourth-order valence-corrected chi connectivity index (χ4v) is 2.98. The van der Waals surface area contributed by atoms with E-state index in [1.54, 1.807) is 36.3 Å². The number of hydrogen-bond acceptors (Lipinski definition) is 5. The molecule has 1 heterocycles. The van der Waals surface area contributed by atoms with Gasteiger partial charge in [0, 0.05) is 11.6 Å². The van der Waals surface area contributed by atoms with Gasteiger partial charge in [-0.05, 0) is 48.5 Å². The molecule has 7 heteroatoms. The van der Waals surface area contributed by atoms with E-state index in [0.717, 1.165) is 11.5 Å². The lowest BCUT2D eigenvalue weighted by Gasteiger charge is -2.33. The smallest absolute Gasteiger partial charge is 0.226 e. The predicted molar refractivity (Wildman–Crippen MR) is 106 cm³/mol. The first-order valence-electron chi connectivity index (χ1n) is 9.18. The van der Waals surface area contributed by atoms with Crippen molar-refractivity contribution in [3.05, 3.63) is 53.6 Å². The van der Waals surface area contributed by atoms with Gasteiger partial charge in [0.25, 0.3) is 0 Å². The molecule has 0 aromatic heterocycles. The average molecular weight is 406 g/mol. The maximum atomic E-state index is 12.4. The monoisotopic (exact) mass is 405 g/mol. The zero-order valence-corrected chi connectivity index (χ0v) is 16.6. The Kier molecular flexibility index (Phi) is 7.39. The number of nitrogens with zero attached hydrogens (tertiary/aromatic N) is 1. The van der Waals surface area contributed by atoms with Crippen molar-refractivity contribution in [3.63, 3.8) is 0 Å².